The molecular formula is C22H41NO5Si. The van der Waals surface area contributed by atoms with Gasteiger partial charge in [-0.3, -0.25) is 4.79 Å². The summed E-state index contributed by atoms with van der Waals surface area (Å²) in [6.07, 6.45) is 4.00. The Labute approximate surface area is 178 Å². The number of allylic oxidation sites excluding steroid dienone is 1. The number of ether oxygens (including phenoxy) is 2. The van der Waals surface area contributed by atoms with Gasteiger partial charge in [0.2, 0.25) is 5.91 Å². The molecule has 0 N–H and O–H groups in total. The molecule has 0 saturated carbocycles. The van der Waals surface area contributed by atoms with Gasteiger partial charge in [0.25, 0.3) is 8.32 Å². The molecule has 0 fully saturated rings. The Hall–Kier alpha value is -1.18. The number of nitrogens with zero attached hydrogens (tertiary/aromatic N) is 1. The fraction of sp³-hybridized carbons (Fsp3) is 0.818. The van der Waals surface area contributed by atoms with E-state index in [1.165, 1.54) is 21.1 Å². The van der Waals surface area contributed by atoms with Gasteiger partial charge in [0.05, 0.1) is 12.3 Å². The van der Waals surface area contributed by atoms with Crippen LogP contribution < -0.4 is 0 Å². The number of hydrogen-bond acceptors (Lipinski definition) is 5. The Balaban J connectivity index is 3.15. The first-order valence-electron chi connectivity index (χ1n) is 10.7. The SMILES string of the molecule is COC(CN(C(C)=O)C1(C=O)CC=C(O[Si](C(C)C)(C(C)C)C(C)C)CC1)OC. The standard InChI is InChI=1S/C22H41NO5Si/c1-16(2)29(17(3)4,18(5)6)28-20-10-12-22(15-24,13-11-20)23(19(7)25)14-21(26-8)27-9/h10,15-18,21H,11-14H2,1-9H3. The molecule has 0 saturated heterocycles. The maximum Gasteiger partial charge on any atom is 0.258 e. The zero-order valence-corrected chi connectivity index (χ0v) is 20.8. The molecule has 0 aromatic heterocycles. The minimum Gasteiger partial charge on any atom is -0.546 e. The molecule has 1 amide bonds. The number of methoxy groups -OCH3 is 2. The highest BCUT2D eigenvalue weighted by Gasteiger charge is 2.48. The van der Waals surface area contributed by atoms with Gasteiger partial charge in [0.15, 0.2) is 6.29 Å². The molecule has 0 spiro atoms. The van der Waals surface area contributed by atoms with E-state index in [1.54, 1.807) is 4.90 Å². The average molecular weight is 428 g/mol. The summed E-state index contributed by atoms with van der Waals surface area (Å²) in [4.78, 5) is 26.1. The Morgan fingerprint density at radius 2 is 1.66 bits per heavy atom. The minimum atomic E-state index is -2.04. The largest absolute Gasteiger partial charge is 0.546 e. The molecule has 168 valence electrons. The van der Waals surface area contributed by atoms with Crippen molar-refractivity contribution in [3.63, 3.8) is 0 Å². The summed E-state index contributed by atoms with van der Waals surface area (Å²) < 4.78 is 17.3. The predicted molar refractivity (Wildman–Crippen MR) is 118 cm³/mol. The van der Waals surface area contributed by atoms with Crippen LogP contribution in [0.25, 0.3) is 0 Å². The smallest absolute Gasteiger partial charge is 0.258 e. The number of amides is 1. The molecule has 1 aliphatic rings. The first kappa shape index (κ1) is 25.9. The van der Waals surface area contributed by atoms with E-state index in [0.717, 1.165) is 12.0 Å². The summed E-state index contributed by atoms with van der Waals surface area (Å²) in [6.45, 7) is 15.3. The first-order valence-corrected chi connectivity index (χ1v) is 12.8. The lowest BCUT2D eigenvalue weighted by Crippen LogP contribution is -2.56. The number of hydrogen-bond donors (Lipinski definition) is 0. The molecule has 0 aromatic rings. The molecule has 1 atom stereocenters. The first-order chi connectivity index (χ1) is 13.5. The van der Waals surface area contributed by atoms with Crippen LogP contribution in [0.3, 0.4) is 0 Å². The maximum absolute atomic E-state index is 12.4. The Morgan fingerprint density at radius 3 is 1.97 bits per heavy atom. The van der Waals surface area contributed by atoms with Crippen LogP contribution >= 0.6 is 0 Å². The second-order valence-corrected chi connectivity index (χ2v) is 14.4. The van der Waals surface area contributed by atoms with Crippen LogP contribution in [0.2, 0.25) is 16.6 Å². The van der Waals surface area contributed by atoms with E-state index in [2.05, 4.69) is 41.5 Å². The third-order valence-corrected chi connectivity index (χ3v) is 12.5. The van der Waals surface area contributed by atoms with Crippen molar-refractivity contribution in [3.05, 3.63) is 11.8 Å². The van der Waals surface area contributed by atoms with Crippen molar-refractivity contribution in [2.24, 2.45) is 0 Å². The lowest BCUT2D eigenvalue weighted by atomic mass is 9.84. The van der Waals surface area contributed by atoms with Crippen molar-refractivity contribution < 1.29 is 23.5 Å². The summed E-state index contributed by atoms with van der Waals surface area (Å²) in [5, 5.41) is 0. The lowest BCUT2D eigenvalue weighted by molar-refractivity contribution is -0.157. The van der Waals surface area contributed by atoms with E-state index < -0.39 is 20.1 Å². The van der Waals surface area contributed by atoms with Crippen molar-refractivity contribution in [1.29, 1.82) is 0 Å². The molecule has 0 aromatic carbocycles. The number of carbonyl (C=O) groups excluding carboxylic acids is 2. The molecule has 1 rings (SSSR count). The summed E-state index contributed by atoms with van der Waals surface area (Å²) in [5.74, 6) is 0.813. The van der Waals surface area contributed by atoms with E-state index >= 15 is 0 Å². The van der Waals surface area contributed by atoms with Gasteiger partial charge in [0.1, 0.15) is 11.8 Å². The van der Waals surface area contributed by atoms with Crippen molar-refractivity contribution in [3.8, 4) is 0 Å². The zero-order chi connectivity index (χ0) is 22.4. The van der Waals surface area contributed by atoms with E-state index in [0.29, 0.717) is 35.9 Å². The number of aldehydes is 1. The molecule has 1 unspecified atom stereocenters. The third kappa shape index (κ3) is 5.50. The van der Waals surface area contributed by atoms with Crippen LogP contribution in [-0.2, 0) is 23.5 Å². The molecule has 6 nitrogen and oxygen atoms in total. The minimum absolute atomic E-state index is 0.163. The highest BCUT2D eigenvalue weighted by atomic mass is 28.4. The van der Waals surface area contributed by atoms with Crippen LogP contribution in [0, 0.1) is 0 Å². The predicted octanol–water partition coefficient (Wildman–Crippen LogP) is 4.65. The molecule has 0 radical (unpaired) electrons. The molecule has 0 aliphatic heterocycles. The molecule has 0 heterocycles. The molecular weight excluding hydrogens is 386 g/mol. The monoisotopic (exact) mass is 427 g/mol. The second kappa shape index (κ2) is 10.7. The van der Waals surface area contributed by atoms with Gasteiger partial charge in [-0.2, -0.15) is 0 Å². The quantitative estimate of drug-likeness (QED) is 0.273. The van der Waals surface area contributed by atoms with Crippen LogP contribution in [0.4, 0.5) is 0 Å². The van der Waals surface area contributed by atoms with Gasteiger partial charge < -0.3 is 23.6 Å². The van der Waals surface area contributed by atoms with Crippen molar-refractivity contribution in [1.82, 2.24) is 4.90 Å². The summed E-state index contributed by atoms with van der Waals surface area (Å²) in [6, 6.07) is 0. The van der Waals surface area contributed by atoms with Gasteiger partial charge >= 0.3 is 0 Å². The highest BCUT2D eigenvalue weighted by Crippen LogP contribution is 2.45. The van der Waals surface area contributed by atoms with Crippen LogP contribution in [0.5, 0.6) is 0 Å². The molecule has 1 aliphatic carbocycles. The van der Waals surface area contributed by atoms with Crippen molar-refractivity contribution in [2.75, 3.05) is 20.8 Å². The van der Waals surface area contributed by atoms with E-state index in [9.17, 15) is 9.59 Å². The number of carbonyl (C=O) groups is 2. The van der Waals surface area contributed by atoms with Crippen LogP contribution in [0.15, 0.2) is 11.8 Å². The van der Waals surface area contributed by atoms with E-state index in [1.807, 2.05) is 6.08 Å². The topological polar surface area (TPSA) is 65.1 Å². The van der Waals surface area contributed by atoms with Crippen LogP contribution in [-0.4, -0.2) is 58.0 Å². The maximum atomic E-state index is 12.4. The van der Waals surface area contributed by atoms with Crippen LogP contribution in [0.1, 0.15) is 67.7 Å². The third-order valence-electron chi connectivity index (χ3n) is 6.50. The fourth-order valence-corrected chi connectivity index (χ4v) is 10.3. The molecule has 29 heavy (non-hydrogen) atoms. The van der Waals surface area contributed by atoms with E-state index in [4.69, 9.17) is 13.9 Å². The summed E-state index contributed by atoms with van der Waals surface area (Å²) >= 11 is 0. The summed E-state index contributed by atoms with van der Waals surface area (Å²) in [7, 11) is 1.02. The normalized spacial score (nSPS) is 20.4. The highest BCUT2D eigenvalue weighted by molar-refractivity contribution is 6.77. The average Bonchev–Trinajstić information content (AvgIpc) is 2.66. The Kier molecular flexibility index (Phi) is 9.56. The zero-order valence-electron chi connectivity index (χ0n) is 19.8. The van der Waals surface area contributed by atoms with Gasteiger partial charge in [0, 0.05) is 27.6 Å². The molecule has 0 bridgehead atoms. The van der Waals surface area contributed by atoms with E-state index in [-0.39, 0.29) is 12.5 Å². The molecule has 7 heteroatoms. The lowest BCUT2D eigenvalue weighted by Gasteiger charge is -2.46. The summed E-state index contributed by atoms with van der Waals surface area (Å²) in [5.41, 5.74) is 0.572. The fourth-order valence-electron chi connectivity index (χ4n) is 4.94. The Morgan fingerprint density at radius 1 is 1.14 bits per heavy atom. The second-order valence-electron chi connectivity index (χ2n) is 9.05. The van der Waals surface area contributed by atoms with Gasteiger partial charge in [-0.05, 0) is 35.5 Å². The Bertz CT molecular complexity index is 564. The van der Waals surface area contributed by atoms with Gasteiger partial charge in [-0.1, -0.05) is 41.5 Å². The van der Waals surface area contributed by atoms with Crippen molar-refractivity contribution in [2.45, 2.75) is 96.2 Å². The number of rotatable bonds is 11. The van der Waals surface area contributed by atoms with Gasteiger partial charge in [-0.15, -0.1) is 0 Å². The van der Waals surface area contributed by atoms with Gasteiger partial charge in [-0.25, -0.2) is 0 Å². The van der Waals surface area contributed by atoms with Crippen molar-refractivity contribution >= 4 is 20.5 Å².